The molecule has 0 N–H and O–H groups in total. The minimum atomic E-state index is -0.413. The average molecular weight is 395 g/mol. The van der Waals surface area contributed by atoms with Gasteiger partial charge in [0.1, 0.15) is 11.6 Å². The second kappa shape index (κ2) is 8.22. The fourth-order valence-corrected chi connectivity index (χ4v) is 3.29. The van der Waals surface area contributed by atoms with Crippen LogP contribution in [0, 0.1) is 11.7 Å². The minimum Gasteiger partial charge on any atom is -0.426 e. The van der Waals surface area contributed by atoms with Crippen molar-refractivity contribution < 1.29 is 23.1 Å². The highest BCUT2D eigenvalue weighted by Gasteiger charge is 2.30. The molecule has 1 aromatic heterocycles. The molecular formula is C21H18FN3O4. The molecule has 0 bridgehead atoms. The van der Waals surface area contributed by atoms with E-state index in [1.165, 1.54) is 30.7 Å². The number of halogens is 1. The molecule has 1 saturated heterocycles. The molecule has 4 rings (SSSR count). The predicted molar refractivity (Wildman–Crippen MR) is 100 cm³/mol. The molecule has 2 aromatic carbocycles. The zero-order valence-corrected chi connectivity index (χ0v) is 15.5. The number of hydrogen-bond acceptors (Lipinski definition) is 6. The normalized spacial score (nSPS) is 16.4. The number of benzene rings is 2. The fraction of sp³-hybridized carbons (Fsp3) is 0.238. The van der Waals surface area contributed by atoms with Gasteiger partial charge in [0, 0.05) is 24.2 Å². The Morgan fingerprint density at radius 1 is 1.10 bits per heavy atom. The van der Waals surface area contributed by atoms with Crippen LogP contribution in [0.4, 0.5) is 4.39 Å². The Kier molecular flexibility index (Phi) is 5.33. The first-order chi connectivity index (χ1) is 14.1. The maximum absolute atomic E-state index is 13.1. The third-order valence-electron chi connectivity index (χ3n) is 4.81. The van der Waals surface area contributed by atoms with Crippen molar-refractivity contribution in [2.24, 2.45) is 5.92 Å². The van der Waals surface area contributed by atoms with Crippen molar-refractivity contribution >= 4 is 11.9 Å². The topological polar surface area (TPSA) is 85.5 Å². The van der Waals surface area contributed by atoms with Gasteiger partial charge in [-0.1, -0.05) is 0 Å². The molecule has 7 nitrogen and oxygen atoms in total. The van der Waals surface area contributed by atoms with Crippen LogP contribution in [0.3, 0.4) is 0 Å². The van der Waals surface area contributed by atoms with Crippen molar-refractivity contribution in [2.75, 3.05) is 13.1 Å². The lowest BCUT2D eigenvalue weighted by Crippen LogP contribution is -2.43. The Bertz CT molecular complexity index is 988. The Hall–Kier alpha value is -3.55. The second-order valence-corrected chi connectivity index (χ2v) is 6.79. The van der Waals surface area contributed by atoms with E-state index in [4.69, 9.17) is 9.15 Å². The highest BCUT2D eigenvalue weighted by atomic mass is 19.1. The molecular weight excluding hydrogens is 377 g/mol. The quantitative estimate of drug-likeness (QED) is 0.498. The highest BCUT2D eigenvalue weighted by molar-refractivity contribution is 5.94. The molecule has 148 valence electrons. The molecule has 1 unspecified atom stereocenters. The van der Waals surface area contributed by atoms with Crippen LogP contribution in [0.5, 0.6) is 5.75 Å². The molecule has 1 aliphatic heterocycles. The number of likely N-dealkylation sites (tertiary alicyclic amines) is 1. The van der Waals surface area contributed by atoms with Gasteiger partial charge in [0.2, 0.25) is 12.3 Å². The summed E-state index contributed by atoms with van der Waals surface area (Å²) in [6.45, 7) is 0.827. The molecule has 1 atom stereocenters. The number of aromatic nitrogens is 2. The van der Waals surface area contributed by atoms with Gasteiger partial charge in [-0.3, -0.25) is 9.59 Å². The number of amides is 1. The summed E-state index contributed by atoms with van der Waals surface area (Å²) in [5.74, 6) is -0.626. The summed E-state index contributed by atoms with van der Waals surface area (Å²) in [7, 11) is 0. The largest absolute Gasteiger partial charge is 0.426 e. The lowest BCUT2D eigenvalue weighted by atomic mass is 9.97. The molecule has 29 heavy (non-hydrogen) atoms. The number of piperidine rings is 1. The maximum atomic E-state index is 13.1. The van der Waals surface area contributed by atoms with Crippen LogP contribution in [0.25, 0.3) is 11.5 Å². The molecule has 0 saturated carbocycles. The smallest absolute Gasteiger partial charge is 0.316 e. The third kappa shape index (κ3) is 4.31. The van der Waals surface area contributed by atoms with Crippen LogP contribution >= 0.6 is 0 Å². The third-order valence-corrected chi connectivity index (χ3v) is 4.81. The highest BCUT2D eigenvalue weighted by Crippen LogP contribution is 2.24. The van der Waals surface area contributed by atoms with Gasteiger partial charge in [-0.15, -0.1) is 10.2 Å². The molecule has 0 radical (unpaired) electrons. The SMILES string of the molecule is O=C(Oc1ccc(-c2nnco2)cc1)C1CCCN(C(=O)c2ccc(F)cc2)C1. The first-order valence-corrected chi connectivity index (χ1v) is 9.23. The second-order valence-electron chi connectivity index (χ2n) is 6.79. The van der Waals surface area contributed by atoms with Gasteiger partial charge in [0.05, 0.1) is 5.92 Å². The number of nitrogens with zero attached hydrogens (tertiary/aromatic N) is 3. The summed E-state index contributed by atoms with van der Waals surface area (Å²) in [5, 5.41) is 7.45. The van der Waals surface area contributed by atoms with E-state index < -0.39 is 11.7 Å². The summed E-state index contributed by atoms with van der Waals surface area (Å²) >= 11 is 0. The van der Waals surface area contributed by atoms with Crippen LogP contribution in [-0.4, -0.2) is 40.1 Å². The standard InChI is InChI=1S/C21H18FN3O4/c22-17-7-3-15(4-8-17)20(26)25-11-1-2-16(12-25)21(27)29-18-9-5-14(6-10-18)19-24-23-13-28-19/h3-10,13,16H,1-2,11-12H2. The molecule has 0 spiro atoms. The van der Waals surface area contributed by atoms with Crippen molar-refractivity contribution in [3.05, 3.63) is 66.3 Å². The molecule has 8 heteroatoms. The Labute approximate surface area is 166 Å². The van der Waals surface area contributed by atoms with Crippen molar-refractivity contribution in [1.29, 1.82) is 0 Å². The van der Waals surface area contributed by atoms with E-state index in [2.05, 4.69) is 10.2 Å². The van der Waals surface area contributed by atoms with Crippen LogP contribution in [-0.2, 0) is 4.79 Å². The summed E-state index contributed by atoms with van der Waals surface area (Å²) < 4.78 is 23.7. The van der Waals surface area contributed by atoms with Crippen LogP contribution in [0.15, 0.2) is 59.3 Å². The van der Waals surface area contributed by atoms with Gasteiger partial charge < -0.3 is 14.1 Å². The number of carbonyl (C=O) groups excluding carboxylic acids is 2. The van der Waals surface area contributed by atoms with E-state index in [0.717, 1.165) is 5.56 Å². The zero-order valence-electron chi connectivity index (χ0n) is 15.5. The Balaban J connectivity index is 1.38. The van der Waals surface area contributed by atoms with E-state index in [9.17, 15) is 14.0 Å². The van der Waals surface area contributed by atoms with E-state index in [1.54, 1.807) is 29.2 Å². The summed E-state index contributed by atoms with van der Waals surface area (Å²) in [6.07, 6.45) is 2.58. The van der Waals surface area contributed by atoms with Crippen LogP contribution in [0.1, 0.15) is 23.2 Å². The van der Waals surface area contributed by atoms with Gasteiger partial charge in [-0.2, -0.15) is 0 Å². The monoisotopic (exact) mass is 395 g/mol. The predicted octanol–water partition coefficient (Wildman–Crippen LogP) is 3.33. The molecule has 2 heterocycles. The van der Waals surface area contributed by atoms with Gasteiger partial charge in [0.15, 0.2) is 0 Å². The van der Waals surface area contributed by atoms with Crippen molar-refractivity contribution in [3.63, 3.8) is 0 Å². The summed E-state index contributed by atoms with van der Waals surface area (Å²) in [5.41, 5.74) is 1.12. The Morgan fingerprint density at radius 3 is 2.55 bits per heavy atom. The lowest BCUT2D eigenvalue weighted by molar-refractivity contribution is -0.140. The molecule has 3 aromatic rings. The minimum absolute atomic E-state index is 0.216. The van der Waals surface area contributed by atoms with E-state index in [-0.39, 0.29) is 18.4 Å². The van der Waals surface area contributed by atoms with Gasteiger partial charge >= 0.3 is 5.97 Å². The summed E-state index contributed by atoms with van der Waals surface area (Å²) in [6, 6.07) is 12.2. The van der Waals surface area contributed by atoms with Crippen LogP contribution < -0.4 is 4.74 Å². The number of ether oxygens (including phenoxy) is 1. The molecule has 1 aliphatic rings. The van der Waals surface area contributed by atoms with Gasteiger partial charge in [-0.25, -0.2) is 4.39 Å². The van der Waals surface area contributed by atoms with E-state index >= 15 is 0 Å². The number of carbonyl (C=O) groups is 2. The van der Waals surface area contributed by atoms with Crippen LogP contribution in [0.2, 0.25) is 0 Å². The number of hydrogen-bond donors (Lipinski definition) is 0. The van der Waals surface area contributed by atoms with E-state index in [0.29, 0.717) is 36.6 Å². The average Bonchev–Trinajstić information content (AvgIpc) is 3.29. The number of rotatable bonds is 4. The first-order valence-electron chi connectivity index (χ1n) is 9.23. The number of esters is 1. The Morgan fingerprint density at radius 2 is 1.86 bits per heavy atom. The van der Waals surface area contributed by atoms with Crippen molar-refractivity contribution in [1.82, 2.24) is 15.1 Å². The van der Waals surface area contributed by atoms with Crippen molar-refractivity contribution in [2.45, 2.75) is 12.8 Å². The molecule has 1 amide bonds. The lowest BCUT2D eigenvalue weighted by Gasteiger charge is -2.31. The molecule has 0 aliphatic carbocycles. The summed E-state index contributed by atoms with van der Waals surface area (Å²) in [4.78, 5) is 26.8. The zero-order chi connectivity index (χ0) is 20.2. The van der Waals surface area contributed by atoms with Gasteiger partial charge in [0.25, 0.3) is 5.91 Å². The fourth-order valence-electron chi connectivity index (χ4n) is 3.29. The maximum Gasteiger partial charge on any atom is 0.316 e. The van der Waals surface area contributed by atoms with Crippen molar-refractivity contribution in [3.8, 4) is 17.2 Å². The van der Waals surface area contributed by atoms with E-state index in [1.807, 2.05) is 0 Å². The first kappa shape index (κ1) is 18.8. The molecule has 1 fully saturated rings. The van der Waals surface area contributed by atoms with Gasteiger partial charge in [-0.05, 0) is 61.4 Å².